The molecule has 3 aliphatic carbocycles. The minimum absolute atomic E-state index is 0.0586. The summed E-state index contributed by atoms with van der Waals surface area (Å²) in [4.78, 5) is 78.6. The van der Waals surface area contributed by atoms with E-state index in [4.69, 9.17) is 5.73 Å². The molecular weight excluding hydrogens is 432 g/mol. The number of phenols is 1. The summed E-state index contributed by atoms with van der Waals surface area (Å²) < 4.78 is 0. The Balaban J connectivity index is 1.90. The molecule has 10 nitrogen and oxygen atoms in total. The lowest BCUT2D eigenvalue weighted by atomic mass is 9.52. The van der Waals surface area contributed by atoms with Crippen LogP contribution in [-0.4, -0.2) is 75.7 Å². The van der Waals surface area contributed by atoms with E-state index in [1.807, 2.05) is 0 Å². The van der Waals surface area contributed by atoms with Gasteiger partial charge in [-0.05, 0) is 57.5 Å². The number of primary amides is 1. The highest BCUT2D eigenvalue weighted by atomic mass is 16.3. The van der Waals surface area contributed by atoms with Gasteiger partial charge in [-0.1, -0.05) is 0 Å². The molecule has 4 N–H and O–H groups in total. The van der Waals surface area contributed by atoms with Crippen LogP contribution in [0.4, 0.5) is 0 Å². The number of hydrogen-bond acceptors (Lipinski definition) is 9. The summed E-state index contributed by atoms with van der Waals surface area (Å²) in [6.07, 6.45) is 0.00600. The number of phenolic OH excluding ortho intramolecular Hbond substituents is 1. The van der Waals surface area contributed by atoms with Crippen molar-refractivity contribution in [2.24, 2.45) is 29.4 Å². The number of carbonyl (C=O) groups is 6. The molecule has 0 radical (unpaired) electrons. The summed E-state index contributed by atoms with van der Waals surface area (Å²) in [5.41, 5.74) is 2.86. The highest BCUT2D eigenvalue weighted by Gasteiger charge is 2.69. The fourth-order valence-electron chi connectivity index (χ4n) is 5.93. The number of nitrogens with two attached hydrogens (primary N) is 1. The third kappa shape index (κ3) is 2.94. The minimum atomic E-state index is -2.76. The van der Waals surface area contributed by atoms with Gasteiger partial charge in [-0.15, -0.1) is 0 Å². The van der Waals surface area contributed by atoms with Crippen molar-refractivity contribution in [1.29, 1.82) is 0 Å². The number of fused-ring (bicyclic) bond motifs is 3. The van der Waals surface area contributed by atoms with E-state index in [1.165, 1.54) is 38.1 Å². The van der Waals surface area contributed by atoms with Crippen molar-refractivity contribution < 1.29 is 39.0 Å². The van der Waals surface area contributed by atoms with E-state index in [0.717, 1.165) is 0 Å². The number of benzene rings is 1. The van der Waals surface area contributed by atoms with Crippen molar-refractivity contribution in [1.82, 2.24) is 4.90 Å². The van der Waals surface area contributed by atoms with Gasteiger partial charge in [0.05, 0.1) is 17.5 Å². The fraction of sp³-hybridized carbons (Fsp3) is 0.478. The van der Waals surface area contributed by atoms with Crippen LogP contribution in [0.25, 0.3) is 0 Å². The van der Waals surface area contributed by atoms with Crippen LogP contribution in [0.15, 0.2) is 12.1 Å². The molecule has 1 amide bonds. The molecule has 2 fully saturated rings. The molecule has 6 atom stereocenters. The Bertz CT molecular complexity index is 1160. The number of rotatable bonds is 3. The number of aliphatic hydroxyl groups is 1. The van der Waals surface area contributed by atoms with E-state index in [9.17, 15) is 39.0 Å². The van der Waals surface area contributed by atoms with Gasteiger partial charge in [-0.25, -0.2) is 0 Å². The Kier molecular flexibility index (Phi) is 5.14. The largest absolute Gasteiger partial charge is 0.507 e. The number of aromatic hydroxyl groups is 1. The van der Waals surface area contributed by atoms with Crippen molar-refractivity contribution in [3.05, 3.63) is 28.8 Å². The van der Waals surface area contributed by atoms with Gasteiger partial charge in [0.2, 0.25) is 5.91 Å². The van der Waals surface area contributed by atoms with Gasteiger partial charge in [-0.2, -0.15) is 0 Å². The Morgan fingerprint density at radius 1 is 1.12 bits per heavy atom. The molecule has 3 unspecified atom stereocenters. The molecule has 0 heterocycles. The lowest BCUT2D eigenvalue weighted by molar-refractivity contribution is -0.181. The maximum atomic E-state index is 13.6. The van der Waals surface area contributed by atoms with Crippen LogP contribution in [-0.2, 0) is 25.6 Å². The first-order valence-corrected chi connectivity index (χ1v) is 10.5. The molecule has 1 aromatic carbocycles. The quantitative estimate of drug-likeness (QED) is 0.384. The summed E-state index contributed by atoms with van der Waals surface area (Å²) in [6.45, 7) is 1.32. The molecular formula is C23H24N2O8. The normalized spacial score (nSPS) is 33.4. The Morgan fingerprint density at radius 2 is 1.76 bits per heavy atom. The number of likely N-dealkylation sites (N-methyl/N-ethyl adjacent to an activating group) is 1. The van der Waals surface area contributed by atoms with Crippen LogP contribution in [0.2, 0.25) is 0 Å². The topological polar surface area (TPSA) is 172 Å². The van der Waals surface area contributed by atoms with Gasteiger partial charge < -0.3 is 15.9 Å². The predicted molar refractivity (Wildman–Crippen MR) is 111 cm³/mol. The Hall–Kier alpha value is -3.24. The molecule has 33 heavy (non-hydrogen) atoms. The highest BCUT2D eigenvalue weighted by molar-refractivity contribution is 6.32. The summed E-state index contributed by atoms with van der Waals surface area (Å²) >= 11 is 0. The molecule has 174 valence electrons. The van der Waals surface area contributed by atoms with Crippen molar-refractivity contribution in [2.75, 3.05) is 14.1 Å². The van der Waals surface area contributed by atoms with Crippen molar-refractivity contribution in [3.8, 4) is 5.75 Å². The lowest BCUT2D eigenvalue weighted by Gasteiger charge is -2.52. The highest BCUT2D eigenvalue weighted by Crippen LogP contribution is 2.50. The second-order valence-corrected chi connectivity index (χ2v) is 9.33. The number of Topliss-reactive ketones (excluding diaryl/α,β-unsaturated/α-hetero) is 5. The van der Waals surface area contributed by atoms with Crippen LogP contribution in [0, 0.1) is 23.7 Å². The van der Waals surface area contributed by atoms with Crippen LogP contribution >= 0.6 is 0 Å². The fourth-order valence-corrected chi connectivity index (χ4v) is 5.93. The van der Waals surface area contributed by atoms with Gasteiger partial charge >= 0.3 is 0 Å². The lowest BCUT2D eigenvalue weighted by Crippen LogP contribution is -2.74. The SMILES string of the molecule is CC(=O)c1ccc(O)c2c1C[C@H]1C[C@H]3C(N(C)C)C(=O)C(C(N)=O)C(=O)[C@@]3(O)C(=O)C1C2=O. The Labute approximate surface area is 188 Å². The van der Waals surface area contributed by atoms with E-state index in [-0.39, 0.29) is 29.8 Å². The van der Waals surface area contributed by atoms with E-state index in [1.54, 1.807) is 0 Å². The molecule has 0 saturated heterocycles. The number of ketones is 5. The van der Waals surface area contributed by atoms with E-state index in [0.29, 0.717) is 5.56 Å². The first-order chi connectivity index (χ1) is 15.3. The number of carbonyl (C=O) groups excluding carboxylic acids is 6. The standard InChI is InChI=1S/C23H24N2O8/c1-8(26)10-4-5-13(27)15-11(10)6-9-7-12-17(25(2)3)19(29)16(22(24)32)21(31)23(12,33)20(30)14(9)18(15)28/h4-5,9,12,14,16-17,27,33H,6-7H2,1-3H3,(H2,24,32)/t9-,12-,14?,16?,17?,23-/m0/s1. The zero-order valence-corrected chi connectivity index (χ0v) is 18.3. The van der Waals surface area contributed by atoms with Gasteiger partial charge in [0.15, 0.2) is 40.4 Å². The first kappa shape index (κ1) is 22.9. The summed E-state index contributed by atoms with van der Waals surface area (Å²) in [5.74, 6) is -11.4. The number of amides is 1. The summed E-state index contributed by atoms with van der Waals surface area (Å²) in [7, 11) is 3.03. The summed E-state index contributed by atoms with van der Waals surface area (Å²) in [6, 6.07) is 1.43. The zero-order chi connectivity index (χ0) is 24.6. The second kappa shape index (κ2) is 7.39. The average molecular weight is 456 g/mol. The van der Waals surface area contributed by atoms with Crippen molar-refractivity contribution in [2.45, 2.75) is 31.4 Å². The molecule has 10 heteroatoms. The van der Waals surface area contributed by atoms with Crippen LogP contribution in [0.1, 0.15) is 39.6 Å². The van der Waals surface area contributed by atoms with Gasteiger partial charge in [0, 0.05) is 11.5 Å². The van der Waals surface area contributed by atoms with Crippen molar-refractivity contribution in [3.63, 3.8) is 0 Å². The van der Waals surface area contributed by atoms with Gasteiger partial charge in [0.25, 0.3) is 0 Å². The minimum Gasteiger partial charge on any atom is -0.507 e. The van der Waals surface area contributed by atoms with E-state index < -0.39 is 70.1 Å². The average Bonchev–Trinajstić information content (AvgIpc) is 2.70. The van der Waals surface area contributed by atoms with Crippen LogP contribution in [0.3, 0.4) is 0 Å². The molecule has 0 aliphatic heterocycles. The predicted octanol–water partition coefficient (Wildman–Crippen LogP) is -0.930. The Morgan fingerprint density at radius 3 is 2.30 bits per heavy atom. The zero-order valence-electron chi connectivity index (χ0n) is 18.3. The molecule has 4 rings (SSSR count). The smallest absolute Gasteiger partial charge is 0.235 e. The van der Waals surface area contributed by atoms with Gasteiger partial charge in [-0.3, -0.25) is 33.7 Å². The monoisotopic (exact) mass is 456 g/mol. The van der Waals surface area contributed by atoms with Crippen LogP contribution in [0.5, 0.6) is 5.75 Å². The van der Waals surface area contributed by atoms with Gasteiger partial charge in [0.1, 0.15) is 5.75 Å². The molecule has 1 aromatic rings. The molecule has 0 aromatic heterocycles. The molecule has 0 bridgehead atoms. The van der Waals surface area contributed by atoms with Crippen LogP contribution < -0.4 is 5.73 Å². The van der Waals surface area contributed by atoms with E-state index >= 15 is 0 Å². The number of hydrogen-bond donors (Lipinski definition) is 3. The summed E-state index contributed by atoms with van der Waals surface area (Å²) in [5, 5.41) is 21.8. The third-order valence-electron chi connectivity index (χ3n) is 7.32. The van der Waals surface area contributed by atoms with E-state index in [2.05, 4.69) is 0 Å². The maximum absolute atomic E-state index is 13.6. The third-order valence-corrected chi connectivity index (χ3v) is 7.32. The molecule has 3 aliphatic rings. The maximum Gasteiger partial charge on any atom is 0.235 e. The first-order valence-electron chi connectivity index (χ1n) is 10.5. The van der Waals surface area contributed by atoms with Crippen molar-refractivity contribution >= 4 is 34.8 Å². The molecule has 2 saturated carbocycles. The second-order valence-electron chi connectivity index (χ2n) is 9.33. The molecule has 0 spiro atoms. The number of nitrogens with zero attached hydrogens (tertiary/aromatic N) is 1.